The first kappa shape index (κ1) is 23.1. The Labute approximate surface area is 88.1 Å². The topological polar surface area (TPSA) is 0 Å². The molecule has 13 heavy (non-hydrogen) atoms. The van der Waals surface area contributed by atoms with Crippen molar-refractivity contribution < 1.29 is 0 Å². The fraction of sp³-hybridized carbons (Fsp3) is 1.00. The van der Waals surface area contributed by atoms with Crippen LogP contribution in [0.2, 0.25) is 0 Å². The number of hydrogen-bond donors (Lipinski definition) is 0. The molecule has 0 fully saturated rings. The van der Waals surface area contributed by atoms with Crippen molar-refractivity contribution in [2.75, 3.05) is 0 Å². The Morgan fingerprint density at radius 3 is 0.769 bits per heavy atom. The highest BCUT2D eigenvalue weighted by molar-refractivity contribution is 4.31. The fourth-order valence-corrected chi connectivity index (χ4v) is 0.500. The summed E-state index contributed by atoms with van der Waals surface area (Å²) in [5.74, 6) is 0. The summed E-state index contributed by atoms with van der Waals surface area (Å²) < 4.78 is 0. The summed E-state index contributed by atoms with van der Waals surface area (Å²) in [6.07, 6.45) is 6.79. The quantitative estimate of drug-likeness (QED) is 0.475. The zero-order chi connectivity index (χ0) is 11.5. The lowest BCUT2D eigenvalue weighted by molar-refractivity contribution is 0.702. The van der Waals surface area contributed by atoms with Crippen molar-refractivity contribution in [2.45, 2.75) is 87.5 Å². The highest BCUT2D eigenvalue weighted by atomic mass is 13.8. The Balaban J connectivity index is -0.0000000493. The first-order chi connectivity index (χ1) is 6.33. The molecule has 0 atom stereocenters. The van der Waals surface area contributed by atoms with Crippen LogP contribution in [0.5, 0.6) is 0 Å². The van der Waals surface area contributed by atoms with Crippen molar-refractivity contribution in [1.29, 1.82) is 0 Å². The Kier molecular flexibility index (Phi) is 103. The van der Waals surface area contributed by atoms with Gasteiger partial charge in [-0.3, -0.25) is 0 Å². The SMILES string of the molecule is CC.CC.CCC.CCCCCC. The molecule has 0 heterocycles. The van der Waals surface area contributed by atoms with E-state index in [0.29, 0.717) is 0 Å². The molecule has 0 aliphatic heterocycles. The molecule has 0 unspecified atom stereocenters. The van der Waals surface area contributed by atoms with E-state index in [-0.39, 0.29) is 0 Å². The molecular weight excluding hydrogens is 156 g/mol. The predicted octanol–water partition coefficient (Wildman–Crippen LogP) is 6.06. The Morgan fingerprint density at radius 1 is 0.538 bits per heavy atom. The number of unbranched alkanes of at least 4 members (excludes halogenated alkanes) is 3. The van der Waals surface area contributed by atoms with Gasteiger partial charge in [-0.1, -0.05) is 87.5 Å². The van der Waals surface area contributed by atoms with E-state index in [0.717, 1.165) is 0 Å². The monoisotopic (exact) mass is 190 g/mol. The lowest BCUT2D eigenvalue weighted by Crippen LogP contribution is -1.66. The first-order valence-corrected chi connectivity index (χ1v) is 6.33. The summed E-state index contributed by atoms with van der Waals surface area (Å²) in [6, 6.07) is 0. The second kappa shape index (κ2) is 58.1. The summed E-state index contributed by atoms with van der Waals surface area (Å²) >= 11 is 0. The van der Waals surface area contributed by atoms with Crippen LogP contribution in [0.3, 0.4) is 0 Å². The molecule has 0 radical (unpaired) electrons. The first-order valence-electron chi connectivity index (χ1n) is 6.33. The zero-order valence-corrected chi connectivity index (χ0v) is 11.5. The second-order valence-corrected chi connectivity index (χ2v) is 2.41. The third-order valence-electron chi connectivity index (χ3n) is 0.957. The molecule has 0 spiro atoms. The maximum atomic E-state index is 2.23. The normalized spacial score (nSPS) is 6.46. The maximum Gasteiger partial charge on any atom is -0.0536 e. The van der Waals surface area contributed by atoms with Gasteiger partial charge < -0.3 is 0 Å². The van der Waals surface area contributed by atoms with E-state index in [4.69, 9.17) is 0 Å². The van der Waals surface area contributed by atoms with Gasteiger partial charge in [0.15, 0.2) is 0 Å². The van der Waals surface area contributed by atoms with Gasteiger partial charge >= 0.3 is 0 Å². The van der Waals surface area contributed by atoms with Crippen LogP contribution in [0.25, 0.3) is 0 Å². The lowest BCUT2D eigenvalue weighted by Gasteiger charge is -1.86. The number of hydrogen-bond acceptors (Lipinski definition) is 0. The minimum atomic E-state index is 1.25. The summed E-state index contributed by atoms with van der Waals surface area (Å²) in [5.41, 5.74) is 0. The van der Waals surface area contributed by atoms with Crippen molar-refractivity contribution in [2.24, 2.45) is 0 Å². The third kappa shape index (κ3) is 133. The highest BCUT2D eigenvalue weighted by Gasteiger charge is 1.75. The summed E-state index contributed by atoms with van der Waals surface area (Å²) in [5, 5.41) is 0. The summed E-state index contributed by atoms with van der Waals surface area (Å²) in [6.45, 7) is 16.7. The van der Waals surface area contributed by atoms with E-state index in [9.17, 15) is 0 Å². The van der Waals surface area contributed by atoms with Crippen LogP contribution in [0.15, 0.2) is 0 Å². The number of rotatable bonds is 3. The van der Waals surface area contributed by atoms with Gasteiger partial charge in [-0.25, -0.2) is 0 Å². The van der Waals surface area contributed by atoms with Crippen LogP contribution in [0, 0.1) is 0 Å². The molecule has 0 saturated carbocycles. The van der Waals surface area contributed by atoms with Crippen molar-refractivity contribution in [1.82, 2.24) is 0 Å². The standard InChI is InChI=1S/C6H14.C3H8.2C2H6/c1-3-5-6-4-2;1-3-2;2*1-2/h3-6H2,1-2H3;3H2,1-2H3;2*1-2H3. The minimum Gasteiger partial charge on any atom is -0.0683 e. The Morgan fingerprint density at radius 2 is 0.692 bits per heavy atom. The lowest BCUT2D eigenvalue weighted by atomic mass is 10.2. The van der Waals surface area contributed by atoms with Crippen LogP contribution in [0.1, 0.15) is 87.5 Å². The van der Waals surface area contributed by atoms with E-state index in [1.807, 2.05) is 27.7 Å². The average Bonchev–Trinajstić information content (AvgIpc) is 2.22. The third-order valence-corrected chi connectivity index (χ3v) is 0.957. The van der Waals surface area contributed by atoms with Gasteiger partial charge in [0.05, 0.1) is 0 Å². The molecule has 0 rings (SSSR count). The van der Waals surface area contributed by atoms with E-state index >= 15 is 0 Å². The largest absolute Gasteiger partial charge is 0.0683 e. The Hall–Kier alpha value is 0. The van der Waals surface area contributed by atoms with Gasteiger partial charge in [-0.15, -0.1) is 0 Å². The molecule has 0 amide bonds. The maximum absolute atomic E-state index is 2.23. The van der Waals surface area contributed by atoms with Gasteiger partial charge in [0.2, 0.25) is 0 Å². The van der Waals surface area contributed by atoms with E-state index < -0.39 is 0 Å². The van der Waals surface area contributed by atoms with E-state index in [1.165, 1.54) is 32.1 Å². The molecule has 86 valence electrons. The molecule has 0 saturated heterocycles. The van der Waals surface area contributed by atoms with Crippen LogP contribution < -0.4 is 0 Å². The van der Waals surface area contributed by atoms with Crippen molar-refractivity contribution >= 4 is 0 Å². The minimum absolute atomic E-state index is 1.25. The van der Waals surface area contributed by atoms with Gasteiger partial charge in [0, 0.05) is 0 Å². The molecule has 0 bridgehead atoms. The van der Waals surface area contributed by atoms with Crippen molar-refractivity contribution in [3.8, 4) is 0 Å². The second-order valence-electron chi connectivity index (χ2n) is 2.41. The molecular formula is C13H34. The molecule has 0 aliphatic carbocycles. The molecule has 0 aromatic carbocycles. The van der Waals surface area contributed by atoms with Crippen LogP contribution in [-0.2, 0) is 0 Å². The van der Waals surface area contributed by atoms with E-state index in [2.05, 4.69) is 27.7 Å². The zero-order valence-electron chi connectivity index (χ0n) is 11.5. The highest BCUT2D eigenvalue weighted by Crippen LogP contribution is 1.95. The van der Waals surface area contributed by atoms with Crippen molar-refractivity contribution in [3.05, 3.63) is 0 Å². The van der Waals surface area contributed by atoms with Crippen LogP contribution in [-0.4, -0.2) is 0 Å². The van der Waals surface area contributed by atoms with Crippen molar-refractivity contribution in [3.63, 3.8) is 0 Å². The summed E-state index contributed by atoms with van der Waals surface area (Å²) in [4.78, 5) is 0. The van der Waals surface area contributed by atoms with Crippen LogP contribution in [0.4, 0.5) is 0 Å². The molecule has 0 aliphatic rings. The predicted molar refractivity (Wildman–Crippen MR) is 68.5 cm³/mol. The van der Waals surface area contributed by atoms with Gasteiger partial charge in [0.1, 0.15) is 0 Å². The Bertz CT molecular complexity index is 19.2. The molecule has 0 nitrogen and oxygen atoms in total. The molecule has 0 aromatic rings. The van der Waals surface area contributed by atoms with E-state index in [1.54, 1.807) is 0 Å². The molecule has 0 N–H and O–H groups in total. The summed E-state index contributed by atoms with van der Waals surface area (Å²) in [7, 11) is 0. The van der Waals surface area contributed by atoms with Crippen LogP contribution >= 0.6 is 0 Å². The van der Waals surface area contributed by atoms with Gasteiger partial charge in [0.25, 0.3) is 0 Å². The fourth-order valence-electron chi connectivity index (χ4n) is 0.500. The van der Waals surface area contributed by atoms with Gasteiger partial charge in [-0.05, 0) is 0 Å². The average molecular weight is 190 g/mol. The smallest absolute Gasteiger partial charge is 0.0536 e. The van der Waals surface area contributed by atoms with Gasteiger partial charge in [-0.2, -0.15) is 0 Å². The molecule has 0 heteroatoms. The molecule has 0 aromatic heterocycles.